The summed E-state index contributed by atoms with van der Waals surface area (Å²) in [5, 5.41) is 2.86. The summed E-state index contributed by atoms with van der Waals surface area (Å²) in [4.78, 5) is 27.1. The lowest BCUT2D eigenvalue weighted by Gasteiger charge is -2.18. The summed E-state index contributed by atoms with van der Waals surface area (Å²) >= 11 is 1.56. The average Bonchev–Trinajstić information content (AvgIpc) is 2.61. The number of amides is 2. The third-order valence-electron chi connectivity index (χ3n) is 3.58. The highest BCUT2D eigenvalue weighted by Gasteiger charge is 2.16. The van der Waals surface area contributed by atoms with Crippen LogP contribution in [0.1, 0.15) is 24.2 Å². The molecule has 0 fully saturated rings. The highest BCUT2D eigenvalue weighted by Crippen LogP contribution is 2.24. The number of hydrogen-bond acceptors (Lipinski definition) is 4. The Kier molecular flexibility index (Phi) is 7.09. The number of anilines is 1. The molecule has 138 valence electrons. The van der Waals surface area contributed by atoms with E-state index in [0.717, 1.165) is 10.6 Å². The van der Waals surface area contributed by atoms with Gasteiger partial charge in [-0.2, -0.15) is 0 Å². The topological polar surface area (TPSA) is 58.6 Å². The molecule has 0 aliphatic heterocycles. The molecule has 0 bridgehead atoms. The van der Waals surface area contributed by atoms with Gasteiger partial charge in [-0.05, 0) is 56.5 Å². The third kappa shape index (κ3) is 5.52. The molecule has 0 saturated heterocycles. The van der Waals surface area contributed by atoms with E-state index in [1.807, 2.05) is 44.4 Å². The Bertz CT molecular complexity index is 760. The largest absolute Gasteiger partial charge is 0.491 e. The molecule has 0 aliphatic carbocycles. The summed E-state index contributed by atoms with van der Waals surface area (Å²) in [6.07, 6.45) is 2.03. The van der Waals surface area contributed by atoms with Crippen LogP contribution in [0.3, 0.4) is 0 Å². The van der Waals surface area contributed by atoms with Crippen molar-refractivity contribution in [3.05, 3.63) is 54.1 Å². The van der Waals surface area contributed by atoms with Gasteiger partial charge in [-0.1, -0.05) is 12.1 Å². The van der Waals surface area contributed by atoms with Crippen LogP contribution in [-0.4, -0.2) is 42.7 Å². The van der Waals surface area contributed by atoms with E-state index < -0.39 is 0 Å². The number of carbonyl (C=O) groups is 2. The van der Waals surface area contributed by atoms with E-state index >= 15 is 0 Å². The molecule has 5 nitrogen and oxygen atoms in total. The van der Waals surface area contributed by atoms with Crippen LogP contribution in [0.2, 0.25) is 0 Å². The molecule has 0 heterocycles. The molecule has 2 rings (SSSR count). The number of hydrogen-bond donors (Lipinski definition) is 1. The minimum Gasteiger partial charge on any atom is -0.491 e. The molecule has 2 aromatic rings. The van der Waals surface area contributed by atoms with Crippen LogP contribution < -0.4 is 10.1 Å². The number of nitrogens with zero attached hydrogens (tertiary/aromatic N) is 1. The van der Waals surface area contributed by atoms with Crippen LogP contribution in [0.4, 0.5) is 5.69 Å². The van der Waals surface area contributed by atoms with Gasteiger partial charge < -0.3 is 15.0 Å². The SMILES string of the molecule is CSc1ccccc1NC(=O)CN(C)C(=O)c1ccc(OC(C)C)cc1. The van der Waals surface area contributed by atoms with Gasteiger partial charge >= 0.3 is 0 Å². The predicted octanol–water partition coefficient (Wildman–Crippen LogP) is 3.91. The summed E-state index contributed by atoms with van der Waals surface area (Å²) < 4.78 is 5.57. The maximum Gasteiger partial charge on any atom is 0.254 e. The molecule has 0 unspecified atom stereocenters. The van der Waals surface area contributed by atoms with E-state index in [0.29, 0.717) is 11.3 Å². The second-order valence-corrected chi connectivity index (χ2v) is 6.95. The molecule has 0 spiro atoms. The molecule has 0 aliphatic rings. The molecule has 0 atom stereocenters. The highest BCUT2D eigenvalue weighted by atomic mass is 32.2. The van der Waals surface area contributed by atoms with Crippen molar-refractivity contribution in [2.24, 2.45) is 0 Å². The van der Waals surface area contributed by atoms with Crippen molar-refractivity contribution < 1.29 is 14.3 Å². The monoisotopic (exact) mass is 372 g/mol. The average molecular weight is 372 g/mol. The van der Waals surface area contributed by atoms with Crippen molar-refractivity contribution in [3.63, 3.8) is 0 Å². The quantitative estimate of drug-likeness (QED) is 0.749. The van der Waals surface area contributed by atoms with Gasteiger partial charge in [-0.25, -0.2) is 0 Å². The van der Waals surface area contributed by atoms with Crippen molar-refractivity contribution in [2.75, 3.05) is 25.2 Å². The number of nitrogens with one attached hydrogen (secondary N) is 1. The molecule has 2 aromatic carbocycles. The highest BCUT2D eigenvalue weighted by molar-refractivity contribution is 7.98. The Hall–Kier alpha value is -2.47. The number of carbonyl (C=O) groups excluding carboxylic acids is 2. The van der Waals surface area contributed by atoms with Gasteiger partial charge in [0.25, 0.3) is 5.91 Å². The molecule has 2 amide bonds. The molecular formula is C20H24N2O3S. The Morgan fingerprint density at radius 2 is 1.77 bits per heavy atom. The standard InChI is InChI=1S/C20H24N2O3S/c1-14(2)25-16-11-9-15(10-12-16)20(24)22(3)13-19(23)21-17-7-5-6-8-18(17)26-4/h5-12,14H,13H2,1-4H3,(H,21,23). The molecular weight excluding hydrogens is 348 g/mol. The smallest absolute Gasteiger partial charge is 0.254 e. The summed E-state index contributed by atoms with van der Waals surface area (Å²) in [7, 11) is 1.61. The maximum absolute atomic E-state index is 12.5. The molecule has 1 N–H and O–H groups in total. The number of benzene rings is 2. The maximum atomic E-state index is 12.5. The first-order valence-corrected chi connectivity index (χ1v) is 9.58. The van der Waals surface area contributed by atoms with Gasteiger partial charge in [-0.15, -0.1) is 11.8 Å². The van der Waals surface area contributed by atoms with E-state index in [9.17, 15) is 9.59 Å². The third-order valence-corrected chi connectivity index (χ3v) is 4.38. The zero-order chi connectivity index (χ0) is 19.1. The zero-order valence-corrected chi connectivity index (χ0v) is 16.3. The van der Waals surface area contributed by atoms with Crippen LogP contribution in [0.15, 0.2) is 53.4 Å². The number of thioether (sulfide) groups is 1. The van der Waals surface area contributed by atoms with Crippen LogP contribution >= 0.6 is 11.8 Å². The minimum absolute atomic E-state index is 0.0220. The van der Waals surface area contributed by atoms with E-state index in [1.54, 1.807) is 43.1 Å². The van der Waals surface area contributed by atoms with Gasteiger partial charge in [0, 0.05) is 17.5 Å². The summed E-state index contributed by atoms with van der Waals surface area (Å²) in [6, 6.07) is 14.5. The number of ether oxygens (including phenoxy) is 1. The van der Waals surface area contributed by atoms with Crippen molar-refractivity contribution in [1.29, 1.82) is 0 Å². The fraction of sp³-hybridized carbons (Fsp3) is 0.300. The van der Waals surface area contributed by atoms with E-state index in [-0.39, 0.29) is 24.5 Å². The van der Waals surface area contributed by atoms with Gasteiger partial charge in [0.05, 0.1) is 18.3 Å². The molecule has 0 radical (unpaired) electrons. The van der Waals surface area contributed by atoms with E-state index in [1.165, 1.54) is 4.90 Å². The fourth-order valence-electron chi connectivity index (χ4n) is 2.39. The Balaban J connectivity index is 1.96. The lowest BCUT2D eigenvalue weighted by Crippen LogP contribution is -2.35. The number of para-hydroxylation sites is 1. The van der Waals surface area contributed by atoms with Gasteiger partial charge in [0.1, 0.15) is 5.75 Å². The van der Waals surface area contributed by atoms with Crippen molar-refractivity contribution in [2.45, 2.75) is 24.8 Å². The Labute approximate surface area is 158 Å². The lowest BCUT2D eigenvalue weighted by atomic mass is 10.2. The fourth-order valence-corrected chi connectivity index (χ4v) is 2.95. The zero-order valence-electron chi connectivity index (χ0n) is 15.5. The van der Waals surface area contributed by atoms with E-state index in [2.05, 4.69) is 5.32 Å². The number of rotatable bonds is 7. The van der Waals surface area contributed by atoms with Crippen LogP contribution in [0.25, 0.3) is 0 Å². The van der Waals surface area contributed by atoms with Gasteiger partial charge in [0.2, 0.25) is 5.91 Å². The van der Waals surface area contributed by atoms with E-state index in [4.69, 9.17) is 4.74 Å². The van der Waals surface area contributed by atoms with Crippen LogP contribution in [0, 0.1) is 0 Å². The summed E-state index contributed by atoms with van der Waals surface area (Å²) in [6.45, 7) is 3.87. The predicted molar refractivity (Wildman–Crippen MR) is 106 cm³/mol. The van der Waals surface area contributed by atoms with Gasteiger partial charge in [0.15, 0.2) is 0 Å². The minimum atomic E-state index is -0.234. The van der Waals surface area contributed by atoms with Crippen LogP contribution in [0.5, 0.6) is 5.75 Å². The van der Waals surface area contributed by atoms with Crippen molar-refractivity contribution >= 4 is 29.3 Å². The lowest BCUT2D eigenvalue weighted by molar-refractivity contribution is -0.116. The number of likely N-dealkylation sites (N-methyl/N-ethyl adjacent to an activating group) is 1. The van der Waals surface area contributed by atoms with Gasteiger partial charge in [-0.3, -0.25) is 9.59 Å². The first-order chi connectivity index (χ1) is 12.4. The van der Waals surface area contributed by atoms with Crippen molar-refractivity contribution in [3.8, 4) is 5.75 Å². The molecule has 0 saturated carbocycles. The second-order valence-electron chi connectivity index (χ2n) is 6.10. The summed E-state index contributed by atoms with van der Waals surface area (Å²) in [5.41, 5.74) is 1.27. The summed E-state index contributed by atoms with van der Waals surface area (Å²) in [5.74, 6) is 0.266. The van der Waals surface area contributed by atoms with Crippen molar-refractivity contribution in [1.82, 2.24) is 4.90 Å². The second kappa shape index (κ2) is 9.29. The first kappa shape index (κ1) is 19.8. The molecule has 0 aromatic heterocycles. The molecule has 6 heteroatoms. The van der Waals surface area contributed by atoms with Crippen LogP contribution in [-0.2, 0) is 4.79 Å². The normalized spacial score (nSPS) is 10.5. The Morgan fingerprint density at radius 3 is 2.38 bits per heavy atom. The first-order valence-electron chi connectivity index (χ1n) is 8.35. The Morgan fingerprint density at radius 1 is 1.12 bits per heavy atom. The molecule has 26 heavy (non-hydrogen) atoms.